The zero-order valence-corrected chi connectivity index (χ0v) is 16.7. The first-order chi connectivity index (χ1) is 14.2. The van der Waals surface area contributed by atoms with Crippen molar-refractivity contribution in [2.75, 3.05) is 37.7 Å². The van der Waals surface area contributed by atoms with Crippen molar-refractivity contribution < 1.29 is 9.53 Å². The van der Waals surface area contributed by atoms with Crippen molar-refractivity contribution in [3.05, 3.63) is 53.2 Å². The molecule has 1 aromatic carbocycles. The molecule has 1 aliphatic rings. The summed E-state index contributed by atoms with van der Waals surface area (Å²) in [4.78, 5) is 21.0. The second-order valence-electron chi connectivity index (χ2n) is 6.42. The van der Waals surface area contributed by atoms with Gasteiger partial charge in [0.05, 0.1) is 17.3 Å². The van der Waals surface area contributed by atoms with Gasteiger partial charge in [0.2, 0.25) is 11.8 Å². The molecule has 29 heavy (non-hydrogen) atoms. The Balaban J connectivity index is 1.46. The Labute approximate surface area is 172 Å². The van der Waals surface area contributed by atoms with Crippen LogP contribution >= 0.6 is 11.6 Å². The first kappa shape index (κ1) is 19.1. The number of carbonyl (C=O) groups is 1. The van der Waals surface area contributed by atoms with E-state index in [9.17, 15) is 4.79 Å². The van der Waals surface area contributed by atoms with E-state index in [1.165, 1.54) is 0 Å². The predicted octanol–water partition coefficient (Wildman–Crippen LogP) is 2.07. The van der Waals surface area contributed by atoms with E-state index in [1.807, 2.05) is 37.3 Å². The van der Waals surface area contributed by atoms with Crippen molar-refractivity contribution in [2.24, 2.45) is 0 Å². The molecule has 1 saturated heterocycles. The maximum atomic E-state index is 12.9. The van der Waals surface area contributed by atoms with Gasteiger partial charge in [-0.3, -0.25) is 4.79 Å². The predicted molar refractivity (Wildman–Crippen MR) is 108 cm³/mol. The molecule has 0 saturated carbocycles. The Morgan fingerprint density at radius 3 is 2.59 bits per heavy atom. The van der Waals surface area contributed by atoms with Crippen molar-refractivity contribution >= 4 is 23.5 Å². The van der Waals surface area contributed by atoms with Gasteiger partial charge in [-0.05, 0) is 35.5 Å². The molecule has 2 aromatic heterocycles. The van der Waals surface area contributed by atoms with Gasteiger partial charge >= 0.3 is 0 Å². The summed E-state index contributed by atoms with van der Waals surface area (Å²) in [5.74, 6) is 0.831. The van der Waals surface area contributed by atoms with Crippen LogP contribution in [0.2, 0.25) is 5.02 Å². The fourth-order valence-corrected chi connectivity index (χ4v) is 3.36. The van der Waals surface area contributed by atoms with E-state index in [-0.39, 0.29) is 11.6 Å². The summed E-state index contributed by atoms with van der Waals surface area (Å²) in [6.07, 6.45) is 0. The zero-order chi connectivity index (χ0) is 20.2. The molecule has 0 N–H and O–H groups in total. The molecule has 4 rings (SSSR count). The number of carbonyl (C=O) groups excluding carboxylic acids is 1. The van der Waals surface area contributed by atoms with Crippen LogP contribution in [0, 0.1) is 0 Å². The third-order valence-corrected chi connectivity index (χ3v) is 4.92. The third kappa shape index (κ3) is 4.00. The standard InChI is InChI=1S/C19H20ClN7O2/c1-2-29-16-9-8-15(20)17(21-16)18(28)25-10-12-26(13-11-25)19-22-23-24-27(19)14-6-4-3-5-7-14/h3-9H,2,10-13H2,1H3. The Morgan fingerprint density at radius 1 is 1.10 bits per heavy atom. The van der Waals surface area contributed by atoms with Crippen LogP contribution in [-0.4, -0.2) is 68.8 Å². The van der Waals surface area contributed by atoms with Crippen molar-refractivity contribution in [1.82, 2.24) is 30.1 Å². The van der Waals surface area contributed by atoms with Crippen LogP contribution in [0.4, 0.5) is 5.95 Å². The van der Waals surface area contributed by atoms with Gasteiger partial charge in [-0.1, -0.05) is 34.9 Å². The number of rotatable bonds is 5. The Bertz CT molecular complexity index is 987. The molecular weight excluding hydrogens is 394 g/mol. The van der Waals surface area contributed by atoms with E-state index in [1.54, 1.807) is 21.7 Å². The smallest absolute Gasteiger partial charge is 0.274 e. The number of benzene rings is 1. The van der Waals surface area contributed by atoms with Gasteiger partial charge in [0.25, 0.3) is 5.91 Å². The summed E-state index contributed by atoms with van der Waals surface area (Å²) >= 11 is 6.20. The third-order valence-electron chi connectivity index (χ3n) is 4.62. The average Bonchev–Trinajstić information content (AvgIpc) is 3.25. The van der Waals surface area contributed by atoms with Crippen molar-refractivity contribution in [2.45, 2.75) is 6.92 Å². The molecule has 0 spiro atoms. The fraction of sp³-hybridized carbons (Fsp3) is 0.316. The highest BCUT2D eigenvalue weighted by atomic mass is 35.5. The van der Waals surface area contributed by atoms with E-state index in [0.717, 1.165) is 5.69 Å². The molecule has 10 heteroatoms. The highest BCUT2D eigenvalue weighted by Crippen LogP contribution is 2.22. The van der Waals surface area contributed by atoms with Crippen LogP contribution < -0.4 is 9.64 Å². The molecule has 0 aliphatic carbocycles. The molecule has 150 valence electrons. The summed E-state index contributed by atoms with van der Waals surface area (Å²) < 4.78 is 7.08. The number of para-hydroxylation sites is 1. The quantitative estimate of drug-likeness (QED) is 0.632. The van der Waals surface area contributed by atoms with Gasteiger partial charge < -0.3 is 14.5 Å². The minimum absolute atomic E-state index is 0.209. The number of nitrogens with zero attached hydrogens (tertiary/aromatic N) is 7. The Hall–Kier alpha value is -3.20. The van der Waals surface area contributed by atoms with E-state index < -0.39 is 0 Å². The second kappa shape index (κ2) is 8.44. The minimum Gasteiger partial charge on any atom is -0.478 e. The number of pyridine rings is 1. The Morgan fingerprint density at radius 2 is 1.86 bits per heavy atom. The Kier molecular flexibility index (Phi) is 5.57. The summed E-state index contributed by atoms with van der Waals surface area (Å²) in [5, 5.41) is 12.4. The maximum Gasteiger partial charge on any atom is 0.274 e. The molecule has 1 fully saturated rings. The van der Waals surface area contributed by atoms with Crippen molar-refractivity contribution in [1.29, 1.82) is 0 Å². The molecule has 1 aliphatic heterocycles. The molecule has 3 aromatic rings. The topological polar surface area (TPSA) is 89.3 Å². The first-order valence-corrected chi connectivity index (χ1v) is 9.72. The van der Waals surface area contributed by atoms with E-state index in [0.29, 0.717) is 49.6 Å². The lowest BCUT2D eigenvalue weighted by molar-refractivity contribution is 0.0739. The van der Waals surface area contributed by atoms with Crippen molar-refractivity contribution in [3.63, 3.8) is 0 Å². The largest absolute Gasteiger partial charge is 0.478 e. The molecular formula is C19H20ClN7O2. The zero-order valence-electron chi connectivity index (χ0n) is 15.9. The number of piperazine rings is 1. The summed E-state index contributed by atoms with van der Waals surface area (Å²) in [6, 6.07) is 13.0. The lowest BCUT2D eigenvalue weighted by atomic mass is 10.2. The van der Waals surface area contributed by atoms with Crippen LogP contribution in [0.3, 0.4) is 0 Å². The average molecular weight is 414 g/mol. The second-order valence-corrected chi connectivity index (χ2v) is 6.83. The van der Waals surface area contributed by atoms with Crippen LogP contribution in [-0.2, 0) is 0 Å². The highest BCUT2D eigenvalue weighted by molar-refractivity contribution is 6.33. The van der Waals surface area contributed by atoms with Crippen LogP contribution in [0.15, 0.2) is 42.5 Å². The van der Waals surface area contributed by atoms with Crippen molar-refractivity contribution in [3.8, 4) is 11.6 Å². The number of hydrogen-bond donors (Lipinski definition) is 0. The number of hydrogen-bond acceptors (Lipinski definition) is 7. The summed E-state index contributed by atoms with van der Waals surface area (Å²) in [6.45, 7) is 4.55. The number of tetrazole rings is 1. The monoisotopic (exact) mass is 413 g/mol. The SMILES string of the molecule is CCOc1ccc(Cl)c(C(=O)N2CCN(c3nnnn3-c3ccccc3)CC2)n1. The number of halogens is 1. The van der Waals surface area contributed by atoms with E-state index in [2.05, 4.69) is 25.4 Å². The number of amides is 1. The van der Waals surface area contributed by atoms with Crippen LogP contribution in [0.1, 0.15) is 17.4 Å². The molecule has 3 heterocycles. The van der Waals surface area contributed by atoms with E-state index in [4.69, 9.17) is 16.3 Å². The van der Waals surface area contributed by atoms with Crippen LogP contribution in [0.5, 0.6) is 5.88 Å². The van der Waals surface area contributed by atoms with Gasteiger partial charge in [0, 0.05) is 32.2 Å². The lowest BCUT2D eigenvalue weighted by Crippen LogP contribution is -2.49. The molecule has 0 atom stereocenters. The molecule has 0 unspecified atom stereocenters. The maximum absolute atomic E-state index is 12.9. The summed E-state index contributed by atoms with van der Waals surface area (Å²) in [7, 11) is 0. The van der Waals surface area contributed by atoms with E-state index >= 15 is 0 Å². The van der Waals surface area contributed by atoms with Gasteiger partial charge in [-0.25, -0.2) is 4.98 Å². The summed E-state index contributed by atoms with van der Waals surface area (Å²) in [5.41, 5.74) is 1.09. The van der Waals surface area contributed by atoms with Gasteiger partial charge in [0.1, 0.15) is 0 Å². The first-order valence-electron chi connectivity index (χ1n) is 9.34. The molecule has 9 nitrogen and oxygen atoms in total. The highest BCUT2D eigenvalue weighted by Gasteiger charge is 2.27. The number of ether oxygens (including phenoxy) is 1. The fourth-order valence-electron chi connectivity index (χ4n) is 3.18. The van der Waals surface area contributed by atoms with Gasteiger partial charge in [0.15, 0.2) is 5.69 Å². The molecule has 1 amide bonds. The molecule has 0 radical (unpaired) electrons. The van der Waals surface area contributed by atoms with Gasteiger partial charge in [-0.15, -0.1) is 0 Å². The van der Waals surface area contributed by atoms with Crippen LogP contribution in [0.25, 0.3) is 5.69 Å². The van der Waals surface area contributed by atoms with Gasteiger partial charge in [-0.2, -0.15) is 4.68 Å². The number of aromatic nitrogens is 5. The normalized spacial score (nSPS) is 14.1. The molecule has 0 bridgehead atoms. The number of anilines is 1. The lowest BCUT2D eigenvalue weighted by Gasteiger charge is -2.34. The minimum atomic E-state index is -0.209.